The first-order valence-corrected chi connectivity index (χ1v) is 8.07. The molecule has 4 rings (SSSR count). The van der Waals surface area contributed by atoms with E-state index in [4.69, 9.17) is 9.15 Å². The highest BCUT2D eigenvalue weighted by atomic mass is 16.5. The number of fused-ring (bicyclic) bond motifs is 1. The minimum Gasteiger partial charge on any atom is -0.463 e. The zero-order valence-corrected chi connectivity index (χ0v) is 13.4. The summed E-state index contributed by atoms with van der Waals surface area (Å²) in [6.45, 7) is 0.618. The van der Waals surface area contributed by atoms with E-state index in [1.54, 1.807) is 6.33 Å². The van der Waals surface area contributed by atoms with Crippen LogP contribution < -0.4 is 5.32 Å². The fourth-order valence-electron chi connectivity index (χ4n) is 3.23. The molecule has 6 heteroatoms. The standard InChI is InChI=1S/C18H19N3O3/c1-21-11-19-9-15(21)17-8-12(6-7-23-17)20-18(22)14-10-24-16-5-3-2-4-13(14)16/h2-5,9-12,17H,6-8H2,1H3,(H,20,22)/t12-,17-/m0/s1. The van der Waals surface area contributed by atoms with Crippen molar-refractivity contribution in [3.63, 3.8) is 0 Å². The van der Waals surface area contributed by atoms with Crippen molar-refractivity contribution in [3.05, 3.63) is 54.3 Å². The Kier molecular flexibility index (Phi) is 3.82. The Bertz CT molecular complexity index is 867. The number of amides is 1. The SMILES string of the molecule is Cn1cncc1[C@@H]1C[C@@H](NC(=O)c2coc3ccccc23)CCO1. The molecule has 1 fully saturated rings. The van der Waals surface area contributed by atoms with Crippen LogP contribution in [0.25, 0.3) is 11.0 Å². The number of aryl methyl sites for hydroxylation is 1. The molecule has 3 heterocycles. The second-order valence-electron chi connectivity index (χ2n) is 6.13. The Balaban J connectivity index is 1.48. The van der Waals surface area contributed by atoms with Gasteiger partial charge in [0.1, 0.15) is 18.0 Å². The van der Waals surface area contributed by atoms with Gasteiger partial charge in [-0.1, -0.05) is 18.2 Å². The fourth-order valence-corrected chi connectivity index (χ4v) is 3.23. The first kappa shape index (κ1) is 15.0. The van der Waals surface area contributed by atoms with Gasteiger partial charge in [-0.3, -0.25) is 4.79 Å². The maximum atomic E-state index is 12.6. The Morgan fingerprint density at radius 3 is 3.08 bits per heavy atom. The van der Waals surface area contributed by atoms with Crippen LogP contribution in [-0.2, 0) is 11.8 Å². The number of ether oxygens (including phenoxy) is 1. The smallest absolute Gasteiger partial charge is 0.255 e. The molecule has 0 saturated carbocycles. The van der Waals surface area contributed by atoms with Crippen LogP contribution in [0.2, 0.25) is 0 Å². The second-order valence-corrected chi connectivity index (χ2v) is 6.13. The van der Waals surface area contributed by atoms with Gasteiger partial charge < -0.3 is 19.0 Å². The molecule has 124 valence electrons. The Morgan fingerprint density at radius 2 is 2.25 bits per heavy atom. The van der Waals surface area contributed by atoms with Crippen molar-refractivity contribution >= 4 is 16.9 Å². The average molecular weight is 325 g/mol. The summed E-state index contributed by atoms with van der Waals surface area (Å²) < 4.78 is 13.3. The number of rotatable bonds is 3. The largest absolute Gasteiger partial charge is 0.463 e. The van der Waals surface area contributed by atoms with Crippen molar-refractivity contribution in [1.29, 1.82) is 0 Å². The van der Waals surface area contributed by atoms with Gasteiger partial charge in [-0.05, 0) is 18.9 Å². The molecule has 0 spiro atoms. The number of hydrogen-bond acceptors (Lipinski definition) is 4. The molecule has 24 heavy (non-hydrogen) atoms. The van der Waals surface area contributed by atoms with Gasteiger partial charge in [0.15, 0.2) is 0 Å². The highest BCUT2D eigenvalue weighted by molar-refractivity contribution is 6.05. The lowest BCUT2D eigenvalue weighted by molar-refractivity contribution is -0.00300. The van der Waals surface area contributed by atoms with E-state index in [0.717, 1.165) is 29.5 Å². The molecule has 0 aliphatic carbocycles. The lowest BCUT2D eigenvalue weighted by atomic mass is 10.0. The number of hydrogen-bond donors (Lipinski definition) is 1. The molecule has 1 N–H and O–H groups in total. The van der Waals surface area contributed by atoms with E-state index in [-0.39, 0.29) is 18.1 Å². The molecule has 0 bridgehead atoms. The number of imidazole rings is 1. The summed E-state index contributed by atoms with van der Waals surface area (Å²) in [6.07, 6.45) is 6.60. The molecule has 1 aliphatic rings. The summed E-state index contributed by atoms with van der Waals surface area (Å²) in [6, 6.07) is 7.63. The number of aromatic nitrogens is 2. The zero-order valence-electron chi connectivity index (χ0n) is 13.4. The number of carbonyl (C=O) groups excluding carboxylic acids is 1. The summed E-state index contributed by atoms with van der Waals surface area (Å²) in [4.78, 5) is 16.8. The number of carbonyl (C=O) groups is 1. The Morgan fingerprint density at radius 1 is 1.38 bits per heavy atom. The zero-order chi connectivity index (χ0) is 16.5. The third kappa shape index (κ3) is 2.69. The van der Waals surface area contributed by atoms with E-state index in [1.165, 1.54) is 6.26 Å². The number of furan rings is 1. The van der Waals surface area contributed by atoms with Crippen LogP contribution in [0.4, 0.5) is 0 Å². The summed E-state index contributed by atoms with van der Waals surface area (Å²) in [5.41, 5.74) is 2.33. The predicted molar refractivity (Wildman–Crippen MR) is 88.6 cm³/mol. The van der Waals surface area contributed by atoms with E-state index < -0.39 is 0 Å². The van der Waals surface area contributed by atoms with Crippen molar-refractivity contribution in [2.24, 2.45) is 7.05 Å². The summed E-state index contributed by atoms with van der Waals surface area (Å²) in [5, 5.41) is 3.95. The molecular weight excluding hydrogens is 306 g/mol. The van der Waals surface area contributed by atoms with Crippen LogP contribution in [0.3, 0.4) is 0 Å². The molecule has 0 radical (unpaired) electrons. The van der Waals surface area contributed by atoms with Gasteiger partial charge >= 0.3 is 0 Å². The van der Waals surface area contributed by atoms with Gasteiger partial charge in [0.2, 0.25) is 0 Å². The number of nitrogens with zero attached hydrogens (tertiary/aromatic N) is 2. The molecule has 6 nitrogen and oxygen atoms in total. The first-order valence-electron chi connectivity index (χ1n) is 8.07. The predicted octanol–water partition coefficient (Wildman–Crippen LogP) is 2.82. The topological polar surface area (TPSA) is 69.3 Å². The third-order valence-electron chi connectivity index (χ3n) is 4.53. The minimum absolute atomic E-state index is 0.0438. The maximum Gasteiger partial charge on any atom is 0.255 e. The highest BCUT2D eigenvalue weighted by Crippen LogP contribution is 2.28. The van der Waals surface area contributed by atoms with Gasteiger partial charge in [0.05, 0.1) is 23.8 Å². The average Bonchev–Trinajstić information content (AvgIpc) is 3.21. The molecule has 1 aromatic carbocycles. The summed E-state index contributed by atoms with van der Waals surface area (Å²) in [7, 11) is 1.95. The summed E-state index contributed by atoms with van der Waals surface area (Å²) in [5.74, 6) is -0.101. The molecule has 1 amide bonds. The monoisotopic (exact) mass is 325 g/mol. The van der Waals surface area contributed by atoms with Crippen LogP contribution in [-0.4, -0.2) is 28.1 Å². The highest BCUT2D eigenvalue weighted by Gasteiger charge is 2.27. The van der Waals surface area contributed by atoms with Gasteiger partial charge in [-0.2, -0.15) is 0 Å². The van der Waals surface area contributed by atoms with Crippen LogP contribution >= 0.6 is 0 Å². The van der Waals surface area contributed by atoms with E-state index in [0.29, 0.717) is 12.2 Å². The molecular formula is C18H19N3O3. The second kappa shape index (κ2) is 6.13. The number of para-hydroxylation sites is 1. The molecule has 3 aromatic rings. The maximum absolute atomic E-state index is 12.6. The van der Waals surface area contributed by atoms with E-state index in [1.807, 2.05) is 42.1 Å². The minimum atomic E-state index is -0.101. The Labute approximate surface area is 139 Å². The van der Waals surface area contributed by atoms with Crippen molar-refractivity contribution < 1.29 is 13.9 Å². The van der Waals surface area contributed by atoms with Crippen molar-refractivity contribution in [2.45, 2.75) is 25.0 Å². The van der Waals surface area contributed by atoms with Crippen molar-refractivity contribution in [1.82, 2.24) is 14.9 Å². The van der Waals surface area contributed by atoms with Crippen molar-refractivity contribution in [2.75, 3.05) is 6.61 Å². The lowest BCUT2D eigenvalue weighted by Gasteiger charge is -2.30. The number of nitrogens with one attached hydrogen (secondary N) is 1. The normalized spacial score (nSPS) is 21.0. The van der Waals surface area contributed by atoms with E-state index >= 15 is 0 Å². The number of benzene rings is 1. The van der Waals surface area contributed by atoms with Gasteiger partial charge in [-0.15, -0.1) is 0 Å². The van der Waals surface area contributed by atoms with Gasteiger partial charge in [0, 0.05) is 25.1 Å². The van der Waals surface area contributed by atoms with E-state index in [2.05, 4.69) is 10.3 Å². The summed E-state index contributed by atoms with van der Waals surface area (Å²) >= 11 is 0. The van der Waals surface area contributed by atoms with Gasteiger partial charge in [-0.25, -0.2) is 4.98 Å². The van der Waals surface area contributed by atoms with E-state index in [9.17, 15) is 4.79 Å². The van der Waals surface area contributed by atoms with Crippen LogP contribution in [0.15, 0.2) is 47.5 Å². The molecule has 0 unspecified atom stereocenters. The van der Waals surface area contributed by atoms with Crippen LogP contribution in [0.5, 0.6) is 0 Å². The van der Waals surface area contributed by atoms with Gasteiger partial charge in [0.25, 0.3) is 5.91 Å². The molecule has 2 atom stereocenters. The molecule has 2 aromatic heterocycles. The van der Waals surface area contributed by atoms with Crippen LogP contribution in [0, 0.1) is 0 Å². The molecule has 1 aliphatic heterocycles. The lowest BCUT2D eigenvalue weighted by Crippen LogP contribution is -2.40. The fraction of sp³-hybridized carbons (Fsp3) is 0.333. The van der Waals surface area contributed by atoms with Crippen molar-refractivity contribution in [3.8, 4) is 0 Å². The van der Waals surface area contributed by atoms with Crippen LogP contribution in [0.1, 0.15) is 35.0 Å². The third-order valence-corrected chi connectivity index (χ3v) is 4.53. The molecule has 1 saturated heterocycles. The quantitative estimate of drug-likeness (QED) is 0.804. The first-order chi connectivity index (χ1) is 11.7. The Hall–Kier alpha value is -2.60.